The van der Waals surface area contributed by atoms with Crippen LogP contribution in [0.1, 0.15) is 25.0 Å². The van der Waals surface area contributed by atoms with E-state index >= 15 is 0 Å². The maximum Gasteiger partial charge on any atom is 0.0467 e. The largest absolute Gasteiger partial charge is 0.310 e. The zero-order valence-electron chi connectivity index (χ0n) is 27.6. The van der Waals surface area contributed by atoms with Gasteiger partial charge in [0.2, 0.25) is 0 Å². The Morgan fingerprint density at radius 1 is 0.449 bits per heavy atom. The number of benzene rings is 7. The molecule has 0 aliphatic heterocycles. The second kappa shape index (κ2) is 11.8. The van der Waals surface area contributed by atoms with E-state index in [1.807, 2.05) is 11.3 Å². The molecule has 0 saturated carbocycles. The van der Waals surface area contributed by atoms with Gasteiger partial charge in [-0.3, -0.25) is 0 Å². The molecular formula is C47H35NS. The Kier molecular flexibility index (Phi) is 7.07. The smallest absolute Gasteiger partial charge is 0.0467 e. The summed E-state index contributed by atoms with van der Waals surface area (Å²) in [5.74, 6) is 0. The minimum absolute atomic E-state index is 0.0646. The number of nitrogens with zero attached hydrogens (tertiary/aromatic N) is 1. The number of hydrogen-bond donors (Lipinski definition) is 0. The fourth-order valence-electron chi connectivity index (χ4n) is 7.66. The van der Waals surface area contributed by atoms with E-state index in [0.29, 0.717) is 0 Å². The molecular weight excluding hydrogens is 611 g/mol. The Morgan fingerprint density at radius 3 is 1.61 bits per heavy atom. The van der Waals surface area contributed by atoms with Gasteiger partial charge in [-0.05, 0) is 92.4 Å². The molecule has 1 heterocycles. The van der Waals surface area contributed by atoms with E-state index in [2.05, 4.69) is 195 Å². The molecule has 1 aromatic heterocycles. The predicted octanol–water partition coefficient (Wildman–Crippen LogP) is 13.7. The summed E-state index contributed by atoms with van der Waals surface area (Å²) in [7, 11) is 0. The molecule has 234 valence electrons. The van der Waals surface area contributed by atoms with Gasteiger partial charge in [0.1, 0.15) is 0 Å². The molecule has 0 amide bonds. The van der Waals surface area contributed by atoms with Gasteiger partial charge in [-0.1, -0.05) is 147 Å². The molecule has 0 unspecified atom stereocenters. The molecule has 0 bridgehead atoms. The third-order valence-electron chi connectivity index (χ3n) is 10.1. The SMILES string of the molecule is CC1(C)c2cccc(-c3cccc(N(c4ccc(-c5ccccc5)cc4)c4ccc(-c5ccccc5)cc4)c3)c2-c2sc3ccccc3c21. The van der Waals surface area contributed by atoms with E-state index in [4.69, 9.17) is 0 Å². The number of fused-ring (bicyclic) bond motifs is 5. The van der Waals surface area contributed by atoms with Crippen molar-refractivity contribution in [2.24, 2.45) is 0 Å². The zero-order chi connectivity index (χ0) is 33.0. The molecule has 0 N–H and O–H groups in total. The van der Waals surface area contributed by atoms with Crippen LogP contribution in [0.25, 0.3) is 53.9 Å². The lowest BCUT2D eigenvalue weighted by Crippen LogP contribution is -2.14. The Balaban J connectivity index is 1.18. The van der Waals surface area contributed by atoms with Crippen molar-refractivity contribution in [3.05, 3.63) is 187 Å². The van der Waals surface area contributed by atoms with E-state index in [1.54, 1.807) is 0 Å². The summed E-state index contributed by atoms with van der Waals surface area (Å²) >= 11 is 1.93. The molecule has 0 radical (unpaired) electrons. The van der Waals surface area contributed by atoms with Crippen LogP contribution in [0, 0.1) is 0 Å². The Hall–Kier alpha value is -5.70. The minimum atomic E-state index is -0.0646. The van der Waals surface area contributed by atoms with Gasteiger partial charge in [0, 0.05) is 37.6 Å². The second-order valence-electron chi connectivity index (χ2n) is 13.4. The van der Waals surface area contributed by atoms with Crippen molar-refractivity contribution in [3.63, 3.8) is 0 Å². The molecule has 2 heteroatoms. The number of hydrogen-bond acceptors (Lipinski definition) is 2. The Labute approximate surface area is 292 Å². The van der Waals surface area contributed by atoms with Crippen LogP contribution in [-0.2, 0) is 5.41 Å². The van der Waals surface area contributed by atoms with Gasteiger partial charge in [0.15, 0.2) is 0 Å². The van der Waals surface area contributed by atoms with Gasteiger partial charge in [-0.15, -0.1) is 11.3 Å². The molecule has 49 heavy (non-hydrogen) atoms. The summed E-state index contributed by atoms with van der Waals surface area (Å²) in [5.41, 5.74) is 14.9. The summed E-state index contributed by atoms with van der Waals surface area (Å²) in [4.78, 5) is 3.79. The van der Waals surface area contributed by atoms with Gasteiger partial charge >= 0.3 is 0 Å². The highest BCUT2D eigenvalue weighted by Crippen LogP contribution is 2.57. The molecule has 7 aromatic carbocycles. The molecule has 8 aromatic rings. The van der Waals surface area contributed by atoms with Crippen LogP contribution in [0.2, 0.25) is 0 Å². The molecule has 0 saturated heterocycles. The first kappa shape index (κ1) is 29.4. The van der Waals surface area contributed by atoms with Gasteiger partial charge in [0.25, 0.3) is 0 Å². The van der Waals surface area contributed by atoms with Crippen LogP contribution in [0.15, 0.2) is 176 Å². The van der Waals surface area contributed by atoms with Crippen molar-refractivity contribution in [2.45, 2.75) is 19.3 Å². The van der Waals surface area contributed by atoms with Crippen LogP contribution < -0.4 is 4.90 Å². The first-order valence-corrected chi connectivity index (χ1v) is 17.8. The third-order valence-corrected chi connectivity index (χ3v) is 11.3. The monoisotopic (exact) mass is 645 g/mol. The van der Waals surface area contributed by atoms with Crippen molar-refractivity contribution in [3.8, 4) is 43.8 Å². The second-order valence-corrected chi connectivity index (χ2v) is 14.4. The summed E-state index contributed by atoms with van der Waals surface area (Å²) in [6, 6.07) is 63.9. The topological polar surface area (TPSA) is 3.24 Å². The van der Waals surface area contributed by atoms with Gasteiger partial charge in [-0.25, -0.2) is 0 Å². The molecule has 9 rings (SSSR count). The highest BCUT2D eigenvalue weighted by molar-refractivity contribution is 7.22. The van der Waals surface area contributed by atoms with Crippen molar-refractivity contribution in [2.75, 3.05) is 4.90 Å². The lowest BCUT2D eigenvalue weighted by Gasteiger charge is -2.27. The average Bonchev–Trinajstić information content (AvgIpc) is 3.66. The molecule has 1 aliphatic carbocycles. The average molecular weight is 646 g/mol. The third kappa shape index (κ3) is 4.99. The van der Waals surface area contributed by atoms with Crippen molar-refractivity contribution < 1.29 is 0 Å². The molecule has 0 spiro atoms. The minimum Gasteiger partial charge on any atom is -0.310 e. The Bertz CT molecular complexity index is 2350. The van der Waals surface area contributed by atoms with E-state index in [-0.39, 0.29) is 5.41 Å². The van der Waals surface area contributed by atoms with Crippen molar-refractivity contribution >= 4 is 38.5 Å². The molecule has 1 aliphatic rings. The van der Waals surface area contributed by atoms with Crippen LogP contribution in [0.4, 0.5) is 17.1 Å². The van der Waals surface area contributed by atoms with Gasteiger partial charge < -0.3 is 4.90 Å². The zero-order valence-corrected chi connectivity index (χ0v) is 28.4. The van der Waals surface area contributed by atoms with E-state index < -0.39 is 0 Å². The summed E-state index contributed by atoms with van der Waals surface area (Å²) < 4.78 is 1.36. The number of anilines is 3. The number of thiophene rings is 1. The Morgan fingerprint density at radius 2 is 0.980 bits per heavy atom. The van der Waals surface area contributed by atoms with Crippen LogP contribution in [0.3, 0.4) is 0 Å². The van der Waals surface area contributed by atoms with E-state index in [0.717, 1.165) is 17.1 Å². The normalized spacial score (nSPS) is 12.9. The van der Waals surface area contributed by atoms with Crippen molar-refractivity contribution in [1.82, 2.24) is 0 Å². The molecule has 0 atom stereocenters. The molecule has 1 nitrogen and oxygen atoms in total. The summed E-state index contributed by atoms with van der Waals surface area (Å²) in [5, 5.41) is 1.38. The number of rotatable bonds is 6. The quantitative estimate of drug-likeness (QED) is 0.174. The van der Waals surface area contributed by atoms with E-state index in [1.165, 1.54) is 65.0 Å². The first-order valence-electron chi connectivity index (χ1n) is 16.9. The first-order chi connectivity index (χ1) is 24.1. The lowest BCUT2D eigenvalue weighted by atomic mass is 9.81. The maximum absolute atomic E-state index is 2.39. The summed E-state index contributed by atoms with van der Waals surface area (Å²) in [6.07, 6.45) is 0. The standard InChI is InChI=1S/C47H35NS/c1-47(2)42-21-12-20-40(44(42)46-45(47)41-19-9-10-22-43(41)49-46)36-17-11-18-39(31-36)48(37-27-23-34(24-28-37)32-13-5-3-6-14-32)38-29-25-35(26-30-38)33-15-7-4-8-16-33/h3-31H,1-2H3. The van der Waals surface area contributed by atoms with Crippen LogP contribution in [-0.4, -0.2) is 0 Å². The van der Waals surface area contributed by atoms with Gasteiger partial charge in [-0.2, -0.15) is 0 Å². The van der Waals surface area contributed by atoms with Crippen LogP contribution >= 0.6 is 11.3 Å². The highest BCUT2D eigenvalue weighted by Gasteiger charge is 2.40. The lowest BCUT2D eigenvalue weighted by molar-refractivity contribution is 0.667. The molecule has 0 fully saturated rings. The highest BCUT2D eigenvalue weighted by atomic mass is 32.1. The van der Waals surface area contributed by atoms with Crippen molar-refractivity contribution in [1.29, 1.82) is 0 Å². The van der Waals surface area contributed by atoms with E-state index in [9.17, 15) is 0 Å². The van der Waals surface area contributed by atoms with Crippen LogP contribution in [0.5, 0.6) is 0 Å². The fourth-order valence-corrected chi connectivity index (χ4v) is 9.10. The maximum atomic E-state index is 2.39. The summed E-state index contributed by atoms with van der Waals surface area (Å²) in [6.45, 7) is 4.77. The van der Waals surface area contributed by atoms with Gasteiger partial charge in [0.05, 0.1) is 0 Å². The fraction of sp³-hybridized carbons (Fsp3) is 0.0638. The predicted molar refractivity (Wildman–Crippen MR) is 210 cm³/mol.